The summed E-state index contributed by atoms with van der Waals surface area (Å²) in [6, 6.07) is 0. The Labute approximate surface area is 454 Å². The largest absolute Gasteiger partial charge is 0.341 e. The number of nitrogens with zero attached hydrogens (tertiary/aromatic N) is 4. The number of unbranched alkanes of at least 4 members (excludes halogenated alkanes) is 36. The Bertz CT molecular complexity index is 1060. The molecule has 0 spiro atoms. The predicted octanol–water partition coefficient (Wildman–Crippen LogP) is 19.6. The molecule has 0 aliphatic carbocycles. The molecule has 1 saturated heterocycles. The summed E-state index contributed by atoms with van der Waals surface area (Å²) in [5, 5.41) is 0. The van der Waals surface area contributed by atoms with E-state index in [-0.39, 0.29) is 0 Å². The van der Waals surface area contributed by atoms with Crippen molar-refractivity contribution < 1.29 is 9.59 Å². The average molecular weight is 1020 g/mol. The third-order valence-corrected chi connectivity index (χ3v) is 16.1. The minimum Gasteiger partial charge on any atom is -0.341 e. The van der Waals surface area contributed by atoms with Crippen LogP contribution in [0.5, 0.6) is 0 Å². The van der Waals surface area contributed by atoms with Crippen molar-refractivity contribution in [1.82, 2.24) is 19.6 Å². The molecule has 0 saturated carbocycles. The van der Waals surface area contributed by atoms with E-state index >= 15 is 0 Å². The number of Topliss-reactive ketones (excluding diaryl/α,β-unsaturated/α-hetero) is 1. The summed E-state index contributed by atoms with van der Waals surface area (Å²) in [5.74, 6) is 1.34. The van der Waals surface area contributed by atoms with Gasteiger partial charge in [0.1, 0.15) is 5.78 Å². The molecule has 1 atom stereocenters. The highest BCUT2D eigenvalue weighted by Gasteiger charge is 2.27. The van der Waals surface area contributed by atoms with Crippen molar-refractivity contribution in [1.29, 1.82) is 0 Å². The van der Waals surface area contributed by atoms with Crippen LogP contribution in [0.3, 0.4) is 0 Å². The van der Waals surface area contributed by atoms with Crippen LogP contribution in [0.1, 0.15) is 337 Å². The van der Waals surface area contributed by atoms with Gasteiger partial charge in [-0.2, -0.15) is 0 Å². The zero-order chi connectivity index (χ0) is 52.6. The van der Waals surface area contributed by atoms with E-state index in [4.69, 9.17) is 0 Å². The van der Waals surface area contributed by atoms with Gasteiger partial charge in [0.15, 0.2) is 0 Å². The van der Waals surface area contributed by atoms with Crippen LogP contribution in [0.25, 0.3) is 0 Å². The van der Waals surface area contributed by atoms with E-state index in [2.05, 4.69) is 61.1 Å². The van der Waals surface area contributed by atoms with Gasteiger partial charge in [-0.3, -0.25) is 9.69 Å². The van der Waals surface area contributed by atoms with Crippen LogP contribution in [-0.2, 0) is 9.59 Å². The summed E-state index contributed by atoms with van der Waals surface area (Å²) in [7, 11) is 0. The highest BCUT2D eigenvalue weighted by Crippen LogP contribution is 2.22. The Morgan fingerprint density at radius 3 is 0.958 bits per heavy atom. The van der Waals surface area contributed by atoms with Crippen LogP contribution in [-0.4, -0.2) is 103 Å². The zero-order valence-electron chi connectivity index (χ0n) is 50.8. The highest BCUT2D eigenvalue weighted by molar-refractivity contribution is 5.78. The molecule has 1 heterocycles. The van der Waals surface area contributed by atoms with E-state index in [0.29, 0.717) is 24.2 Å². The number of likely N-dealkylation sites (tertiary alicyclic amines) is 1. The maximum absolute atomic E-state index is 14.1. The second-order valence-electron chi connectivity index (χ2n) is 23.4. The van der Waals surface area contributed by atoms with E-state index in [9.17, 15) is 9.59 Å². The van der Waals surface area contributed by atoms with Gasteiger partial charge in [0, 0.05) is 32.6 Å². The SMILES string of the molecule is CCCCCCCC.CCCCCCCCCCCCCCN(CCCCCC(C)=O)CCC1CCN(C(=O)CN(CCCCCCCCC)CCN(CCCCCCCCC)CCCCCCCCC)C1. The molecule has 0 radical (unpaired) electrons. The fourth-order valence-corrected chi connectivity index (χ4v) is 11.0. The smallest absolute Gasteiger partial charge is 0.236 e. The van der Waals surface area contributed by atoms with Crippen LogP contribution >= 0.6 is 0 Å². The van der Waals surface area contributed by atoms with Gasteiger partial charge in [0.2, 0.25) is 5.91 Å². The normalized spacial score (nSPS) is 13.8. The minimum atomic E-state index is 0.328. The molecule has 430 valence electrons. The molecular weight excluding hydrogens is 881 g/mol. The lowest BCUT2D eigenvalue weighted by Gasteiger charge is -2.29. The molecule has 0 N–H and O–H groups in total. The summed E-state index contributed by atoms with van der Waals surface area (Å²) >= 11 is 0. The second-order valence-corrected chi connectivity index (χ2v) is 23.4. The van der Waals surface area contributed by atoms with Gasteiger partial charge in [-0.15, -0.1) is 0 Å². The Kier molecular flexibility index (Phi) is 56.9. The summed E-state index contributed by atoms with van der Waals surface area (Å²) in [6.45, 7) is 27.2. The summed E-state index contributed by atoms with van der Waals surface area (Å²) in [5.41, 5.74) is 0. The number of carbonyl (C=O) groups is 2. The fourth-order valence-electron chi connectivity index (χ4n) is 11.0. The first-order valence-electron chi connectivity index (χ1n) is 33.3. The van der Waals surface area contributed by atoms with Gasteiger partial charge in [0.25, 0.3) is 0 Å². The van der Waals surface area contributed by atoms with Gasteiger partial charge in [-0.05, 0) is 103 Å². The molecule has 0 aromatic carbocycles. The standard InChI is InChI=1S/C58H116N4O2.C8H18/c1-6-10-14-18-22-23-24-25-26-30-33-37-45-59(46-41-35-36-42-56(5)63)50-43-57-44-51-62(54-57)58(64)55-61(49-40-34-29-21-17-13-9-4)53-52-60(47-38-31-27-19-15-11-7-2)48-39-32-28-20-16-12-8-3;1-3-5-7-8-6-4-2/h57H,6-55H2,1-5H3;3-8H2,1-2H3. The maximum Gasteiger partial charge on any atom is 0.236 e. The molecule has 1 aliphatic heterocycles. The molecular formula is C66H134N4O2. The van der Waals surface area contributed by atoms with Crippen molar-refractivity contribution in [2.24, 2.45) is 5.92 Å². The molecule has 1 fully saturated rings. The van der Waals surface area contributed by atoms with Gasteiger partial charge in [0.05, 0.1) is 6.54 Å². The quantitative estimate of drug-likeness (QED) is 0.0568. The van der Waals surface area contributed by atoms with Crippen molar-refractivity contribution in [3.05, 3.63) is 0 Å². The molecule has 0 bridgehead atoms. The summed E-state index contributed by atoms with van der Waals surface area (Å²) in [6.07, 6.45) is 60.2. The van der Waals surface area contributed by atoms with E-state index in [0.717, 1.165) is 65.1 Å². The summed E-state index contributed by atoms with van der Waals surface area (Å²) in [4.78, 5) is 35.9. The topological polar surface area (TPSA) is 47.1 Å². The monoisotopic (exact) mass is 1020 g/mol. The van der Waals surface area contributed by atoms with Crippen LogP contribution in [0, 0.1) is 5.92 Å². The predicted molar refractivity (Wildman–Crippen MR) is 322 cm³/mol. The number of amides is 1. The van der Waals surface area contributed by atoms with Crippen molar-refractivity contribution in [2.75, 3.05) is 72.0 Å². The van der Waals surface area contributed by atoms with Gasteiger partial charge in [-0.1, -0.05) is 273 Å². The highest BCUT2D eigenvalue weighted by atomic mass is 16.2. The zero-order valence-corrected chi connectivity index (χ0v) is 50.8. The van der Waals surface area contributed by atoms with Crippen molar-refractivity contribution in [3.63, 3.8) is 0 Å². The lowest BCUT2D eigenvalue weighted by atomic mass is 10.0. The minimum absolute atomic E-state index is 0.328. The van der Waals surface area contributed by atoms with Crippen LogP contribution in [0.2, 0.25) is 0 Å². The third kappa shape index (κ3) is 49.9. The molecule has 1 unspecified atom stereocenters. The molecule has 1 rings (SSSR count). The number of rotatable bonds is 56. The van der Waals surface area contributed by atoms with Crippen molar-refractivity contribution in [2.45, 2.75) is 337 Å². The number of carbonyl (C=O) groups excluding carboxylic acids is 2. The summed E-state index contributed by atoms with van der Waals surface area (Å²) < 4.78 is 0. The Hall–Kier alpha value is -0.980. The number of hydrogen-bond acceptors (Lipinski definition) is 5. The number of hydrogen-bond donors (Lipinski definition) is 0. The Morgan fingerprint density at radius 1 is 0.347 bits per heavy atom. The van der Waals surface area contributed by atoms with Crippen molar-refractivity contribution in [3.8, 4) is 0 Å². The van der Waals surface area contributed by atoms with Gasteiger partial charge < -0.3 is 19.5 Å². The second kappa shape index (κ2) is 57.7. The molecule has 0 aromatic rings. The molecule has 1 amide bonds. The van der Waals surface area contributed by atoms with Gasteiger partial charge in [-0.25, -0.2) is 0 Å². The molecule has 6 heteroatoms. The first-order chi connectivity index (χ1) is 35.3. The molecule has 1 aliphatic rings. The Morgan fingerprint density at radius 2 is 0.625 bits per heavy atom. The van der Waals surface area contributed by atoms with E-state index < -0.39 is 0 Å². The number of ketones is 1. The molecule has 6 nitrogen and oxygen atoms in total. The first kappa shape index (κ1) is 71.0. The van der Waals surface area contributed by atoms with Gasteiger partial charge >= 0.3 is 0 Å². The first-order valence-corrected chi connectivity index (χ1v) is 33.3. The molecule has 72 heavy (non-hydrogen) atoms. The van der Waals surface area contributed by atoms with Crippen molar-refractivity contribution >= 4 is 11.7 Å². The lowest BCUT2D eigenvalue weighted by molar-refractivity contribution is -0.131. The fraction of sp³-hybridized carbons (Fsp3) is 0.970. The van der Waals surface area contributed by atoms with Crippen LogP contribution in [0.4, 0.5) is 0 Å². The average Bonchev–Trinajstić information content (AvgIpc) is 3.86. The maximum atomic E-state index is 14.1. The Balaban J connectivity index is 0.00000576. The van der Waals surface area contributed by atoms with Crippen LogP contribution < -0.4 is 0 Å². The van der Waals surface area contributed by atoms with E-state index in [1.165, 1.54) is 289 Å². The van der Waals surface area contributed by atoms with E-state index in [1.807, 2.05) is 0 Å². The third-order valence-electron chi connectivity index (χ3n) is 16.1. The van der Waals surface area contributed by atoms with E-state index in [1.54, 1.807) is 6.92 Å². The van der Waals surface area contributed by atoms with Crippen LogP contribution in [0.15, 0.2) is 0 Å². The lowest BCUT2D eigenvalue weighted by Crippen LogP contribution is -2.43. The molecule has 0 aromatic heterocycles.